The molecule has 0 amide bonds. The van der Waals surface area contributed by atoms with Crippen LogP contribution in [0.5, 0.6) is 0 Å². The maximum absolute atomic E-state index is 5.54. The highest BCUT2D eigenvalue weighted by atomic mass is 16.5. The van der Waals surface area contributed by atoms with Crippen LogP contribution >= 0.6 is 0 Å². The van der Waals surface area contributed by atoms with Crippen LogP contribution in [0, 0.1) is 5.92 Å². The zero-order valence-electron chi connectivity index (χ0n) is 7.92. The number of hydrogen-bond acceptors (Lipinski definition) is 2. The Bertz CT molecular complexity index is 184. The highest BCUT2D eigenvalue weighted by Crippen LogP contribution is 2.15. The lowest BCUT2D eigenvalue weighted by atomic mass is 10.1. The fourth-order valence-electron chi connectivity index (χ4n) is 1.21. The molecule has 1 aliphatic heterocycles. The molecule has 0 unspecified atom stereocenters. The first-order valence-electron chi connectivity index (χ1n) is 4.40. The molecule has 2 nitrogen and oxygen atoms in total. The third-order valence-electron chi connectivity index (χ3n) is 1.92. The molecule has 0 spiro atoms. The fourth-order valence-corrected chi connectivity index (χ4v) is 1.21. The maximum Gasteiger partial charge on any atom is 0.142 e. The molecule has 0 aromatic heterocycles. The Morgan fingerprint density at radius 1 is 1.75 bits per heavy atom. The minimum atomic E-state index is 0.510. The average Bonchev–Trinajstić information content (AvgIpc) is 2.06. The molecule has 68 valence electrons. The standard InChI is InChI=1S/C10H17NO/c1-4-6-11-7-5-10(9(2)3)12-8-11/h4-5,9H,1,6-8H2,2-3H3. The van der Waals surface area contributed by atoms with E-state index in [9.17, 15) is 0 Å². The lowest BCUT2D eigenvalue weighted by Gasteiger charge is -2.27. The molecule has 1 aliphatic rings. The molecule has 0 aromatic rings. The fraction of sp³-hybridized carbons (Fsp3) is 0.600. The molecule has 12 heavy (non-hydrogen) atoms. The van der Waals surface area contributed by atoms with Crippen LogP contribution in [0.1, 0.15) is 13.8 Å². The molecular weight excluding hydrogens is 150 g/mol. The van der Waals surface area contributed by atoms with Crippen LogP contribution in [-0.4, -0.2) is 24.7 Å². The topological polar surface area (TPSA) is 12.5 Å². The van der Waals surface area contributed by atoms with E-state index < -0.39 is 0 Å². The molecule has 1 rings (SSSR count). The second kappa shape index (κ2) is 4.31. The van der Waals surface area contributed by atoms with Crippen LogP contribution in [0.2, 0.25) is 0 Å². The third kappa shape index (κ3) is 2.38. The monoisotopic (exact) mass is 167 g/mol. The highest BCUT2D eigenvalue weighted by Gasteiger charge is 2.12. The molecule has 0 atom stereocenters. The van der Waals surface area contributed by atoms with Crippen LogP contribution < -0.4 is 0 Å². The van der Waals surface area contributed by atoms with Crippen molar-refractivity contribution in [1.29, 1.82) is 0 Å². The summed E-state index contributed by atoms with van der Waals surface area (Å²) < 4.78 is 5.54. The van der Waals surface area contributed by atoms with Gasteiger partial charge in [0.05, 0.1) is 5.76 Å². The Labute approximate surface area is 74.5 Å². The largest absolute Gasteiger partial charge is 0.482 e. The van der Waals surface area contributed by atoms with Gasteiger partial charge in [-0.3, -0.25) is 4.90 Å². The molecule has 0 aliphatic carbocycles. The molecule has 0 aromatic carbocycles. The van der Waals surface area contributed by atoms with E-state index in [2.05, 4.69) is 31.4 Å². The van der Waals surface area contributed by atoms with Crippen molar-refractivity contribution in [2.45, 2.75) is 13.8 Å². The second-order valence-electron chi connectivity index (χ2n) is 3.36. The van der Waals surface area contributed by atoms with Crippen LogP contribution in [0.4, 0.5) is 0 Å². The Kier molecular flexibility index (Phi) is 3.35. The summed E-state index contributed by atoms with van der Waals surface area (Å²) in [6.07, 6.45) is 4.05. The highest BCUT2D eigenvalue weighted by molar-refractivity contribution is 5.00. The van der Waals surface area contributed by atoms with E-state index in [-0.39, 0.29) is 0 Å². The minimum absolute atomic E-state index is 0.510. The van der Waals surface area contributed by atoms with Gasteiger partial charge in [0.25, 0.3) is 0 Å². The molecule has 1 heterocycles. The summed E-state index contributed by atoms with van der Waals surface area (Å²) in [5.41, 5.74) is 0. The van der Waals surface area contributed by atoms with Gasteiger partial charge in [-0.1, -0.05) is 19.9 Å². The van der Waals surface area contributed by atoms with Crippen molar-refractivity contribution < 1.29 is 4.74 Å². The quantitative estimate of drug-likeness (QED) is 0.596. The zero-order valence-corrected chi connectivity index (χ0v) is 7.92. The molecule has 0 N–H and O–H groups in total. The Hall–Kier alpha value is -0.760. The summed E-state index contributed by atoms with van der Waals surface area (Å²) in [5, 5.41) is 0. The lowest BCUT2D eigenvalue weighted by molar-refractivity contribution is 0.0569. The molecule has 2 heteroatoms. The molecule has 0 fully saturated rings. The summed E-state index contributed by atoms with van der Waals surface area (Å²) in [6, 6.07) is 0. The van der Waals surface area contributed by atoms with E-state index in [1.165, 1.54) is 0 Å². The SMILES string of the molecule is C=CCN1CC=C(C(C)C)OC1. The number of ether oxygens (including phenoxy) is 1. The van der Waals surface area contributed by atoms with Gasteiger partial charge in [0.1, 0.15) is 6.73 Å². The van der Waals surface area contributed by atoms with Crippen molar-refractivity contribution in [2.24, 2.45) is 5.92 Å². The number of allylic oxidation sites excluding steroid dienone is 1. The normalized spacial score (nSPS) is 18.8. The Balaban J connectivity index is 2.41. The van der Waals surface area contributed by atoms with Crippen molar-refractivity contribution in [3.05, 3.63) is 24.5 Å². The van der Waals surface area contributed by atoms with Gasteiger partial charge in [0, 0.05) is 19.0 Å². The van der Waals surface area contributed by atoms with Gasteiger partial charge in [-0.15, -0.1) is 6.58 Å². The summed E-state index contributed by atoms with van der Waals surface area (Å²) in [5.74, 6) is 1.63. The van der Waals surface area contributed by atoms with Crippen LogP contribution in [0.25, 0.3) is 0 Å². The van der Waals surface area contributed by atoms with E-state index in [0.29, 0.717) is 12.6 Å². The van der Waals surface area contributed by atoms with Gasteiger partial charge in [-0.2, -0.15) is 0 Å². The summed E-state index contributed by atoms with van der Waals surface area (Å²) in [6.45, 7) is 10.6. The molecule has 0 saturated heterocycles. The van der Waals surface area contributed by atoms with E-state index >= 15 is 0 Å². The van der Waals surface area contributed by atoms with Crippen molar-refractivity contribution in [3.63, 3.8) is 0 Å². The Morgan fingerprint density at radius 2 is 2.50 bits per heavy atom. The summed E-state index contributed by atoms with van der Waals surface area (Å²) >= 11 is 0. The van der Waals surface area contributed by atoms with Gasteiger partial charge in [-0.25, -0.2) is 0 Å². The van der Waals surface area contributed by atoms with E-state index in [1.54, 1.807) is 0 Å². The first kappa shape index (κ1) is 9.33. The maximum atomic E-state index is 5.54. The first-order valence-corrected chi connectivity index (χ1v) is 4.40. The molecule has 0 bridgehead atoms. The van der Waals surface area contributed by atoms with Crippen molar-refractivity contribution >= 4 is 0 Å². The minimum Gasteiger partial charge on any atom is -0.482 e. The summed E-state index contributed by atoms with van der Waals surface area (Å²) in [4.78, 5) is 2.19. The summed E-state index contributed by atoms with van der Waals surface area (Å²) in [7, 11) is 0. The smallest absolute Gasteiger partial charge is 0.142 e. The second-order valence-corrected chi connectivity index (χ2v) is 3.36. The van der Waals surface area contributed by atoms with Gasteiger partial charge < -0.3 is 4.74 Å². The number of rotatable bonds is 3. The van der Waals surface area contributed by atoms with Crippen molar-refractivity contribution in [1.82, 2.24) is 4.90 Å². The Morgan fingerprint density at radius 3 is 2.92 bits per heavy atom. The van der Waals surface area contributed by atoms with Crippen LogP contribution in [0.3, 0.4) is 0 Å². The predicted octanol–water partition coefficient (Wildman–Crippen LogP) is 2.00. The van der Waals surface area contributed by atoms with Crippen LogP contribution in [-0.2, 0) is 4.74 Å². The first-order chi connectivity index (χ1) is 5.74. The third-order valence-corrected chi connectivity index (χ3v) is 1.92. The van der Waals surface area contributed by atoms with E-state index in [4.69, 9.17) is 4.74 Å². The zero-order chi connectivity index (χ0) is 8.97. The lowest BCUT2D eigenvalue weighted by Crippen LogP contribution is -2.31. The molecule has 0 radical (unpaired) electrons. The molecular formula is C10H17NO. The van der Waals surface area contributed by atoms with Crippen molar-refractivity contribution in [3.8, 4) is 0 Å². The van der Waals surface area contributed by atoms with Crippen LogP contribution in [0.15, 0.2) is 24.5 Å². The predicted molar refractivity (Wildman–Crippen MR) is 50.6 cm³/mol. The number of nitrogens with zero attached hydrogens (tertiary/aromatic N) is 1. The number of hydrogen-bond donors (Lipinski definition) is 0. The van der Waals surface area contributed by atoms with Gasteiger partial charge in [-0.05, 0) is 6.08 Å². The molecule has 0 saturated carbocycles. The van der Waals surface area contributed by atoms with Gasteiger partial charge in [0.15, 0.2) is 0 Å². The van der Waals surface area contributed by atoms with Crippen molar-refractivity contribution in [2.75, 3.05) is 19.8 Å². The van der Waals surface area contributed by atoms with Gasteiger partial charge >= 0.3 is 0 Å². The van der Waals surface area contributed by atoms with E-state index in [0.717, 1.165) is 18.8 Å². The van der Waals surface area contributed by atoms with Gasteiger partial charge in [0.2, 0.25) is 0 Å². The van der Waals surface area contributed by atoms with E-state index in [1.807, 2.05) is 6.08 Å². The average molecular weight is 167 g/mol.